The summed E-state index contributed by atoms with van der Waals surface area (Å²) in [6.45, 7) is 0. The van der Waals surface area contributed by atoms with E-state index in [1.165, 1.54) is 18.0 Å². The maximum atomic E-state index is 10.8. The highest BCUT2D eigenvalue weighted by atomic mass is 32.2. The maximum Gasteiger partial charge on any atom is 0.148 e. The van der Waals surface area contributed by atoms with Crippen molar-refractivity contribution in [2.75, 3.05) is 23.5 Å². The molecule has 0 aliphatic rings. The van der Waals surface area contributed by atoms with Crippen LogP contribution < -0.4 is 5.73 Å². The van der Waals surface area contributed by atoms with Crippen molar-refractivity contribution in [2.24, 2.45) is 0 Å². The van der Waals surface area contributed by atoms with Gasteiger partial charge in [-0.3, -0.25) is 4.98 Å². The Morgan fingerprint density at radius 2 is 2.29 bits per heavy atom. The molecule has 14 heavy (non-hydrogen) atoms. The molecule has 0 aromatic carbocycles. The van der Waals surface area contributed by atoms with Crippen molar-refractivity contribution in [2.45, 2.75) is 4.90 Å². The van der Waals surface area contributed by atoms with Crippen LogP contribution >= 0.6 is 11.8 Å². The zero-order chi connectivity index (χ0) is 10.6. The summed E-state index contributed by atoms with van der Waals surface area (Å²) < 4.78 is 21.7. The minimum atomic E-state index is -2.88. The number of sulfone groups is 1. The molecule has 1 rings (SSSR count). The van der Waals surface area contributed by atoms with Gasteiger partial charge in [-0.1, -0.05) is 0 Å². The number of nitrogen functional groups attached to an aromatic ring is 1. The molecule has 0 atom stereocenters. The fourth-order valence-electron chi connectivity index (χ4n) is 0.828. The average molecular weight is 232 g/mol. The van der Waals surface area contributed by atoms with Crippen LogP contribution in [0.15, 0.2) is 23.4 Å². The lowest BCUT2D eigenvalue weighted by atomic mass is 10.4. The van der Waals surface area contributed by atoms with Crippen molar-refractivity contribution in [3.8, 4) is 0 Å². The monoisotopic (exact) mass is 232 g/mol. The first-order valence-electron chi connectivity index (χ1n) is 3.99. The molecule has 0 spiro atoms. The summed E-state index contributed by atoms with van der Waals surface area (Å²) in [5.74, 6) is 0.687. The number of pyridine rings is 1. The second-order valence-electron chi connectivity index (χ2n) is 2.89. The molecule has 0 radical (unpaired) electrons. The van der Waals surface area contributed by atoms with Gasteiger partial charge in [0.2, 0.25) is 0 Å². The van der Waals surface area contributed by atoms with E-state index in [9.17, 15) is 8.42 Å². The SMILES string of the molecule is CS(=O)(=O)CCSc1ccncc1N. The first kappa shape index (κ1) is 11.3. The highest BCUT2D eigenvalue weighted by Crippen LogP contribution is 2.23. The first-order chi connectivity index (χ1) is 6.49. The van der Waals surface area contributed by atoms with Gasteiger partial charge in [-0.15, -0.1) is 11.8 Å². The van der Waals surface area contributed by atoms with Crippen molar-refractivity contribution in [1.82, 2.24) is 4.98 Å². The van der Waals surface area contributed by atoms with E-state index in [1.54, 1.807) is 18.5 Å². The number of nitrogens with zero attached hydrogens (tertiary/aromatic N) is 1. The Hall–Kier alpha value is -0.750. The maximum absolute atomic E-state index is 10.8. The van der Waals surface area contributed by atoms with E-state index in [4.69, 9.17) is 5.73 Å². The molecule has 0 fully saturated rings. The summed E-state index contributed by atoms with van der Waals surface area (Å²) in [7, 11) is -2.88. The summed E-state index contributed by atoms with van der Waals surface area (Å²) in [6, 6.07) is 1.78. The van der Waals surface area contributed by atoms with E-state index >= 15 is 0 Å². The fraction of sp³-hybridized carbons (Fsp3) is 0.375. The Labute approximate surface area is 87.8 Å². The number of hydrogen-bond acceptors (Lipinski definition) is 5. The Morgan fingerprint density at radius 1 is 1.57 bits per heavy atom. The molecular formula is C8H12N2O2S2. The number of anilines is 1. The Kier molecular flexibility index (Phi) is 3.77. The first-order valence-corrected chi connectivity index (χ1v) is 7.03. The molecule has 0 aliphatic carbocycles. The van der Waals surface area contributed by atoms with Gasteiger partial charge in [0, 0.05) is 23.1 Å². The molecule has 0 aliphatic heterocycles. The van der Waals surface area contributed by atoms with E-state index in [-0.39, 0.29) is 5.75 Å². The molecule has 4 nitrogen and oxygen atoms in total. The van der Waals surface area contributed by atoms with Crippen LogP contribution in [0.4, 0.5) is 5.69 Å². The van der Waals surface area contributed by atoms with Gasteiger partial charge in [-0.2, -0.15) is 0 Å². The van der Waals surface area contributed by atoms with E-state index in [0.717, 1.165) is 4.90 Å². The van der Waals surface area contributed by atoms with Crippen LogP contribution in [0.25, 0.3) is 0 Å². The van der Waals surface area contributed by atoms with Crippen molar-refractivity contribution in [1.29, 1.82) is 0 Å². The number of rotatable bonds is 4. The summed E-state index contributed by atoms with van der Waals surface area (Å²) in [4.78, 5) is 4.72. The molecular weight excluding hydrogens is 220 g/mol. The number of nitrogens with two attached hydrogens (primary N) is 1. The van der Waals surface area contributed by atoms with Crippen molar-refractivity contribution >= 4 is 27.3 Å². The van der Waals surface area contributed by atoms with Gasteiger partial charge in [0.15, 0.2) is 0 Å². The van der Waals surface area contributed by atoms with Gasteiger partial charge in [0.05, 0.1) is 17.6 Å². The van der Waals surface area contributed by atoms with Gasteiger partial charge in [-0.25, -0.2) is 8.42 Å². The largest absolute Gasteiger partial charge is 0.397 e. The molecule has 0 unspecified atom stereocenters. The Balaban J connectivity index is 2.51. The van der Waals surface area contributed by atoms with Crippen LogP contribution in [0.2, 0.25) is 0 Å². The lowest BCUT2D eigenvalue weighted by Gasteiger charge is -2.02. The highest BCUT2D eigenvalue weighted by Gasteiger charge is 2.04. The second-order valence-corrected chi connectivity index (χ2v) is 6.29. The minimum Gasteiger partial charge on any atom is -0.397 e. The molecule has 0 bridgehead atoms. The van der Waals surface area contributed by atoms with Crippen LogP contribution in [-0.2, 0) is 9.84 Å². The molecule has 1 heterocycles. The third-order valence-corrected chi connectivity index (χ3v) is 3.82. The molecule has 0 amide bonds. The molecule has 1 aromatic heterocycles. The molecule has 6 heteroatoms. The van der Waals surface area contributed by atoms with E-state index < -0.39 is 9.84 Å². The van der Waals surface area contributed by atoms with Crippen LogP contribution in [-0.4, -0.2) is 31.2 Å². The van der Waals surface area contributed by atoms with Gasteiger partial charge in [-0.05, 0) is 6.07 Å². The lowest BCUT2D eigenvalue weighted by Crippen LogP contribution is -2.05. The zero-order valence-corrected chi connectivity index (χ0v) is 9.44. The van der Waals surface area contributed by atoms with Gasteiger partial charge >= 0.3 is 0 Å². The van der Waals surface area contributed by atoms with Gasteiger partial charge in [0.25, 0.3) is 0 Å². The molecule has 2 N–H and O–H groups in total. The number of aromatic nitrogens is 1. The predicted octanol–water partition coefficient (Wildman–Crippen LogP) is 0.800. The van der Waals surface area contributed by atoms with E-state index in [2.05, 4.69) is 4.98 Å². The quantitative estimate of drug-likeness (QED) is 0.777. The van der Waals surface area contributed by atoms with Crippen LogP contribution in [0.1, 0.15) is 0 Å². The normalized spacial score (nSPS) is 11.5. The van der Waals surface area contributed by atoms with Crippen molar-refractivity contribution in [3.05, 3.63) is 18.5 Å². The number of thioether (sulfide) groups is 1. The Bertz CT molecular complexity index is 404. The van der Waals surface area contributed by atoms with E-state index in [1.807, 2.05) is 0 Å². The number of hydrogen-bond donors (Lipinski definition) is 1. The minimum absolute atomic E-state index is 0.166. The molecule has 78 valence electrons. The topological polar surface area (TPSA) is 73.0 Å². The van der Waals surface area contributed by atoms with E-state index in [0.29, 0.717) is 11.4 Å². The zero-order valence-electron chi connectivity index (χ0n) is 7.80. The summed E-state index contributed by atoms with van der Waals surface area (Å²) in [5, 5.41) is 0. The molecule has 0 saturated heterocycles. The second kappa shape index (κ2) is 4.65. The predicted molar refractivity (Wildman–Crippen MR) is 59.1 cm³/mol. The third-order valence-electron chi connectivity index (χ3n) is 1.52. The fourth-order valence-corrected chi connectivity index (χ4v) is 2.97. The molecule has 0 saturated carbocycles. The summed E-state index contributed by atoms with van der Waals surface area (Å²) >= 11 is 1.43. The van der Waals surface area contributed by atoms with Crippen LogP contribution in [0, 0.1) is 0 Å². The lowest BCUT2D eigenvalue weighted by molar-refractivity contribution is 0.603. The smallest absolute Gasteiger partial charge is 0.148 e. The summed E-state index contributed by atoms with van der Waals surface area (Å²) in [5.41, 5.74) is 6.23. The van der Waals surface area contributed by atoms with Gasteiger partial charge in [0.1, 0.15) is 9.84 Å². The van der Waals surface area contributed by atoms with Crippen LogP contribution in [0.3, 0.4) is 0 Å². The average Bonchev–Trinajstić information content (AvgIpc) is 2.06. The van der Waals surface area contributed by atoms with Crippen LogP contribution in [0.5, 0.6) is 0 Å². The summed E-state index contributed by atoms with van der Waals surface area (Å²) in [6.07, 6.45) is 4.42. The highest BCUT2D eigenvalue weighted by molar-refractivity contribution is 8.00. The molecule has 1 aromatic rings. The third kappa shape index (κ3) is 3.97. The Morgan fingerprint density at radius 3 is 2.86 bits per heavy atom. The van der Waals surface area contributed by atoms with Crippen molar-refractivity contribution < 1.29 is 8.42 Å². The standard InChI is InChI=1S/C8H12N2O2S2/c1-14(11,12)5-4-13-8-2-3-10-6-7(8)9/h2-3,6H,4-5,9H2,1H3. The van der Waals surface area contributed by atoms with Crippen molar-refractivity contribution in [3.63, 3.8) is 0 Å². The van der Waals surface area contributed by atoms with Gasteiger partial charge < -0.3 is 5.73 Å².